The highest BCUT2D eigenvalue weighted by molar-refractivity contribution is 7.15. The fourth-order valence-electron chi connectivity index (χ4n) is 2.87. The number of nitrogens with one attached hydrogen (secondary N) is 1. The Hall–Kier alpha value is -3.04. The highest BCUT2D eigenvalue weighted by Crippen LogP contribution is 2.32. The van der Waals surface area contributed by atoms with Crippen LogP contribution in [0.2, 0.25) is 0 Å². The number of methoxy groups -OCH3 is 2. The quantitative estimate of drug-likeness (QED) is 0.493. The van der Waals surface area contributed by atoms with Crippen molar-refractivity contribution < 1.29 is 18.8 Å². The molecule has 1 amide bonds. The maximum absolute atomic E-state index is 12.3. The van der Waals surface area contributed by atoms with Crippen molar-refractivity contribution in [3.63, 3.8) is 0 Å². The van der Waals surface area contributed by atoms with Crippen molar-refractivity contribution in [3.8, 4) is 22.8 Å². The van der Waals surface area contributed by atoms with Crippen molar-refractivity contribution in [3.05, 3.63) is 47.3 Å². The molecule has 0 aliphatic rings. The van der Waals surface area contributed by atoms with Crippen LogP contribution in [0.1, 0.15) is 11.5 Å². The Kier molecular flexibility index (Phi) is 6.09. The smallest absolute Gasteiger partial charge is 0.231 e. The molecule has 4 rings (SSSR count). The molecule has 152 valence electrons. The minimum Gasteiger partial charge on any atom is -0.493 e. The van der Waals surface area contributed by atoms with Crippen molar-refractivity contribution in [2.45, 2.75) is 13.3 Å². The predicted octanol–water partition coefficient (Wildman–Crippen LogP) is 3.98. The molecule has 1 N–H and O–H groups in total. The Labute approximate surface area is 176 Å². The Bertz CT molecular complexity index is 1150. The molecule has 3 heterocycles. The lowest BCUT2D eigenvalue weighted by molar-refractivity contribution is -0.115. The summed E-state index contributed by atoms with van der Waals surface area (Å²) >= 11 is 1.48. The molecule has 0 aliphatic carbocycles. The van der Waals surface area contributed by atoms with Crippen LogP contribution in [0.4, 0.5) is 5.82 Å². The highest BCUT2D eigenvalue weighted by Gasteiger charge is 2.15. The summed E-state index contributed by atoms with van der Waals surface area (Å²) in [5.41, 5.74) is 2.54. The topological polar surface area (TPSA) is 90.9 Å². The van der Waals surface area contributed by atoms with E-state index in [9.17, 15) is 4.79 Å². The molecule has 0 radical (unpaired) electrons. The Balaban J connectivity index is 0.00000240. The van der Waals surface area contributed by atoms with E-state index in [4.69, 9.17) is 14.0 Å². The number of hydrogen-bond donors (Lipinski definition) is 1. The summed E-state index contributed by atoms with van der Waals surface area (Å²) in [4.78, 5) is 17.8. The summed E-state index contributed by atoms with van der Waals surface area (Å²) in [6.45, 7) is 1.77. The summed E-state index contributed by atoms with van der Waals surface area (Å²) in [6.07, 6.45) is 2.11. The molecular weight excluding hydrogens is 416 g/mol. The van der Waals surface area contributed by atoms with E-state index in [2.05, 4.69) is 15.5 Å². The van der Waals surface area contributed by atoms with Crippen molar-refractivity contribution in [1.29, 1.82) is 0 Å². The zero-order valence-electron chi connectivity index (χ0n) is 16.0. The molecule has 0 spiro atoms. The number of nitrogens with zero attached hydrogens (tertiary/aromatic N) is 3. The SMILES string of the molecule is COc1ccc(-c2cn3c(CC(=O)Nc4cc(C)on4)csc3n2)cc1OC.Cl. The monoisotopic (exact) mass is 434 g/mol. The number of carbonyl (C=O) groups excluding carboxylic acids is 1. The number of imidazole rings is 1. The van der Waals surface area contributed by atoms with Gasteiger partial charge in [0.25, 0.3) is 0 Å². The van der Waals surface area contributed by atoms with Gasteiger partial charge >= 0.3 is 0 Å². The number of aryl methyl sites for hydroxylation is 1. The fraction of sp³-hybridized carbons (Fsp3) is 0.211. The molecule has 4 aromatic rings. The summed E-state index contributed by atoms with van der Waals surface area (Å²) < 4.78 is 17.5. The number of benzene rings is 1. The van der Waals surface area contributed by atoms with E-state index >= 15 is 0 Å². The third-order valence-electron chi connectivity index (χ3n) is 4.20. The molecule has 10 heteroatoms. The molecule has 0 saturated carbocycles. The third kappa shape index (κ3) is 4.20. The highest BCUT2D eigenvalue weighted by atomic mass is 35.5. The van der Waals surface area contributed by atoms with Crippen LogP contribution in [0.25, 0.3) is 16.2 Å². The van der Waals surface area contributed by atoms with Gasteiger partial charge in [0.2, 0.25) is 5.91 Å². The number of carbonyl (C=O) groups is 1. The van der Waals surface area contributed by atoms with Gasteiger partial charge in [-0.05, 0) is 25.1 Å². The van der Waals surface area contributed by atoms with Gasteiger partial charge in [-0.25, -0.2) is 4.98 Å². The second kappa shape index (κ2) is 8.54. The van der Waals surface area contributed by atoms with Crippen LogP contribution in [0.15, 0.2) is 40.4 Å². The van der Waals surface area contributed by atoms with Crippen LogP contribution in [0.5, 0.6) is 11.5 Å². The van der Waals surface area contributed by atoms with E-state index in [1.54, 1.807) is 27.2 Å². The first-order valence-electron chi connectivity index (χ1n) is 8.48. The zero-order valence-corrected chi connectivity index (χ0v) is 17.6. The fourth-order valence-corrected chi connectivity index (χ4v) is 3.74. The van der Waals surface area contributed by atoms with Gasteiger partial charge in [0.05, 0.1) is 26.3 Å². The van der Waals surface area contributed by atoms with Gasteiger partial charge in [-0.2, -0.15) is 0 Å². The second-order valence-corrected chi connectivity index (χ2v) is 6.96. The molecule has 3 aromatic heterocycles. The van der Waals surface area contributed by atoms with Crippen LogP contribution in [-0.4, -0.2) is 34.7 Å². The van der Waals surface area contributed by atoms with E-state index in [0.717, 1.165) is 21.9 Å². The third-order valence-corrected chi connectivity index (χ3v) is 5.09. The van der Waals surface area contributed by atoms with E-state index in [-0.39, 0.29) is 24.7 Å². The molecule has 0 bridgehead atoms. The van der Waals surface area contributed by atoms with Gasteiger partial charge in [0.15, 0.2) is 22.3 Å². The van der Waals surface area contributed by atoms with Crippen molar-refractivity contribution in [2.75, 3.05) is 19.5 Å². The lowest BCUT2D eigenvalue weighted by Crippen LogP contribution is -2.15. The lowest BCUT2D eigenvalue weighted by atomic mass is 10.1. The van der Waals surface area contributed by atoms with Crippen molar-refractivity contribution in [2.24, 2.45) is 0 Å². The second-order valence-electron chi connectivity index (χ2n) is 6.12. The molecule has 0 fully saturated rings. The van der Waals surface area contributed by atoms with Crippen LogP contribution < -0.4 is 14.8 Å². The summed E-state index contributed by atoms with van der Waals surface area (Å²) in [7, 11) is 3.20. The molecule has 8 nitrogen and oxygen atoms in total. The van der Waals surface area contributed by atoms with Crippen molar-refractivity contribution in [1.82, 2.24) is 14.5 Å². The predicted molar refractivity (Wildman–Crippen MR) is 112 cm³/mol. The van der Waals surface area contributed by atoms with Gasteiger partial charge in [-0.1, -0.05) is 5.16 Å². The molecule has 0 unspecified atom stereocenters. The average Bonchev–Trinajstić information content (AvgIpc) is 3.38. The summed E-state index contributed by atoms with van der Waals surface area (Å²) in [6, 6.07) is 7.32. The molecule has 0 atom stereocenters. The van der Waals surface area contributed by atoms with E-state index < -0.39 is 0 Å². The van der Waals surface area contributed by atoms with Crippen LogP contribution in [-0.2, 0) is 11.2 Å². The van der Waals surface area contributed by atoms with Crippen LogP contribution >= 0.6 is 23.7 Å². The maximum atomic E-state index is 12.3. The van der Waals surface area contributed by atoms with Crippen molar-refractivity contribution >= 4 is 40.4 Å². The lowest BCUT2D eigenvalue weighted by Gasteiger charge is -2.08. The van der Waals surface area contributed by atoms with Gasteiger partial charge < -0.3 is 19.3 Å². The molecule has 0 aliphatic heterocycles. The number of rotatable bonds is 6. The Morgan fingerprint density at radius 1 is 1.24 bits per heavy atom. The number of halogens is 1. The Morgan fingerprint density at radius 2 is 2.03 bits per heavy atom. The molecule has 0 saturated heterocycles. The van der Waals surface area contributed by atoms with Gasteiger partial charge in [-0.3, -0.25) is 9.20 Å². The number of aromatic nitrogens is 3. The largest absolute Gasteiger partial charge is 0.493 e. The molecule has 1 aromatic carbocycles. The van der Waals surface area contributed by atoms with E-state index in [1.165, 1.54) is 11.3 Å². The zero-order chi connectivity index (χ0) is 19.7. The summed E-state index contributed by atoms with van der Waals surface area (Å²) in [5, 5.41) is 8.43. The molecule has 29 heavy (non-hydrogen) atoms. The van der Waals surface area contributed by atoms with Crippen LogP contribution in [0.3, 0.4) is 0 Å². The van der Waals surface area contributed by atoms with E-state index in [0.29, 0.717) is 23.1 Å². The minimum absolute atomic E-state index is 0. The number of anilines is 1. The summed E-state index contributed by atoms with van der Waals surface area (Å²) in [5.74, 6) is 2.17. The minimum atomic E-state index is -0.172. The standard InChI is InChI=1S/C19H18N4O4S.ClH/c1-11-6-17(22-27-11)21-18(24)8-13-10-28-19-20-14(9-23(13)19)12-4-5-15(25-2)16(7-12)26-3;/h4-7,9-10H,8H2,1-3H3,(H,21,22,24);1H. The first-order valence-corrected chi connectivity index (χ1v) is 9.36. The number of ether oxygens (including phenoxy) is 2. The number of fused-ring (bicyclic) bond motifs is 1. The number of thiazole rings is 1. The first-order chi connectivity index (χ1) is 13.6. The normalized spacial score (nSPS) is 10.6. The number of amides is 1. The van der Waals surface area contributed by atoms with Gasteiger partial charge in [-0.15, -0.1) is 23.7 Å². The number of hydrogen-bond acceptors (Lipinski definition) is 7. The van der Waals surface area contributed by atoms with Gasteiger partial charge in [0.1, 0.15) is 5.76 Å². The Morgan fingerprint density at radius 3 is 2.72 bits per heavy atom. The average molecular weight is 435 g/mol. The first kappa shape index (κ1) is 20.7. The van der Waals surface area contributed by atoms with E-state index in [1.807, 2.05) is 34.2 Å². The molecular formula is C19H19ClN4O4S. The van der Waals surface area contributed by atoms with Crippen LogP contribution in [0, 0.1) is 6.92 Å². The van der Waals surface area contributed by atoms with Gasteiger partial charge in [0, 0.05) is 28.9 Å². The maximum Gasteiger partial charge on any atom is 0.231 e.